The molecule has 0 aromatic heterocycles. The number of para-hydroxylation sites is 1. The Morgan fingerprint density at radius 3 is 2.28 bits per heavy atom. The van der Waals surface area contributed by atoms with Gasteiger partial charge in [0, 0.05) is 5.69 Å². The Bertz CT molecular complexity index is 665. The molecule has 2 aromatic carbocycles. The first-order valence-electron chi connectivity index (χ1n) is 5.21. The molecule has 18 heavy (non-hydrogen) atoms. The van der Waals surface area contributed by atoms with Crippen LogP contribution in [-0.2, 0) is 0 Å². The van der Waals surface area contributed by atoms with Gasteiger partial charge in [0.15, 0.2) is 0 Å². The highest BCUT2D eigenvalue weighted by atomic mass is 16.5. The Labute approximate surface area is 104 Å². The van der Waals surface area contributed by atoms with Crippen molar-refractivity contribution in [3.05, 3.63) is 53.6 Å². The maximum absolute atomic E-state index is 9.00. The lowest BCUT2D eigenvalue weighted by Crippen LogP contribution is -1.93. The lowest BCUT2D eigenvalue weighted by molar-refractivity contribution is 0.479. The van der Waals surface area contributed by atoms with E-state index in [1.807, 2.05) is 12.1 Å². The molecular formula is C14H9N3O. The number of nitrogen functional groups attached to an aromatic ring is 1. The molecule has 0 atom stereocenters. The average Bonchev–Trinajstić information content (AvgIpc) is 2.41. The Morgan fingerprint density at radius 2 is 1.56 bits per heavy atom. The van der Waals surface area contributed by atoms with E-state index >= 15 is 0 Å². The van der Waals surface area contributed by atoms with Crippen molar-refractivity contribution in [2.24, 2.45) is 0 Å². The first-order valence-corrected chi connectivity index (χ1v) is 5.21. The van der Waals surface area contributed by atoms with Gasteiger partial charge >= 0.3 is 0 Å². The fraction of sp³-hybridized carbons (Fsp3) is 0. The molecule has 0 bridgehead atoms. The quantitative estimate of drug-likeness (QED) is 0.811. The zero-order valence-electron chi connectivity index (χ0n) is 9.42. The largest absolute Gasteiger partial charge is 0.455 e. The van der Waals surface area contributed by atoms with Crippen molar-refractivity contribution in [3.63, 3.8) is 0 Å². The zero-order chi connectivity index (χ0) is 13.0. The topological polar surface area (TPSA) is 82.8 Å². The molecule has 0 spiro atoms. The van der Waals surface area contributed by atoms with Gasteiger partial charge in [-0.15, -0.1) is 0 Å². The van der Waals surface area contributed by atoms with Gasteiger partial charge in [-0.2, -0.15) is 10.5 Å². The van der Waals surface area contributed by atoms with Crippen molar-refractivity contribution in [1.29, 1.82) is 10.5 Å². The van der Waals surface area contributed by atoms with Crippen LogP contribution in [0.4, 0.5) is 5.69 Å². The summed E-state index contributed by atoms with van der Waals surface area (Å²) in [5, 5.41) is 17.9. The van der Waals surface area contributed by atoms with Crippen LogP contribution in [0, 0.1) is 22.7 Å². The lowest BCUT2D eigenvalue weighted by Gasteiger charge is -2.08. The van der Waals surface area contributed by atoms with Gasteiger partial charge in [-0.25, -0.2) is 0 Å². The van der Waals surface area contributed by atoms with Gasteiger partial charge in [0.05, 0.1) is 11.1 Å². The van der Waals surface area contributed by atoms with Gasteiger partial charge in [-0.3, -0.25) is 0 Å². The van der Waals surface area contributed by atoms with Crippen molar-refractivity contribution in [2.75, 3.05) is 5.73 Å². The third-order valence-electron chi connectivity index (χ3n) is 2.35. The molecule has 2 rings (SSSR count). The van der Waals surface area contributed by atoms with E-state index in [-0.39, 0.29) is 0 Å². The van der Waals surface area contributed by atoms with Gasteiger partial charge in [-0.05, 0) is 30.3 Å². The van der Waals surface area contributed by atoms with E-state index < -0.39 is 0 Å². The minimum atomic E-state index is 0.336. The highest BCUT2D eigenvalue weighted by Gasteiger charge is 2.08. The number of benzene rings is 2. The highest BCUT2D eigenvalue weighted by molar-refractivity contribution is 5.55. The molecule has 2 N–H and O–H groups in total. The van der Waals surface area contributed by atoms with E-state index in [1.54, 1.807) is 36.4 Å². The standard InChI is InChI=1S/C14H9N3O/c15-8-10-3-1-2-4-13(10)18-14-6-5-12(17)7-11(14)9-16/h1-7H,17H2. The summed E-state index contributed by atoms with van der Waals surface area (Å²) in [5.74, 6) is 0.802. The van der Waals surface area contributed by atoms with Crippen molar-refractivity contribution in [1.82, 2.24) is 0 Å². The first-order chi connectivity index (χ1) is 8.74. The average molecular weight is 235 g/mol. The second-order valence-corrected chi connectivity index (χ2v) is 3.58. The molecule has 0 unspecified atom stereocenters. The predicted octanol–water partition coefficient (Wildman–Crippen LogP) is 2.80. The number of hydrogen-bond acceptors (Lipinski definition) is 4. The van der Waals surface area contributed by atoms with Crippen LogP contribution in [0.3, 0.4) is 0 Å². The maximum Gasteiger partial charge on any atom is 0.145 e. The highest BCUT2D eigenvalue weighted by Crippen LogP contribution is 2.28. The number of ether oxygens (including phenoxy) is 1. The minimum Gasteiger partial charge on any atom is -0.455 e. The van der Waals surface area contributed by atoms with Crippen LogP contribution in [0.25, 0.3) is 0 Å². The molecule has 86 valence electrons. The van der Waals surface area contributed by atoms with E-state index in [0.29, 0.717) is 28.3 Å². The van der Waals surface area contributed by atoms with Gasteiger partial charge in [0.2, 0.25) is 0 Å². The molecule has 0 saturated heterocycles. The van der Waals surface area contributed by atoms with Gasteiger partial charge in [-0.1, -0.05) is 12.1 Å². The summed E-state index contributed by atoms with van der Waals surface area (Å²) >= 11 is 0. The van der Waals surface area contributed by atoms with Crippen molar-refractivity contribution >= 4 is 5.69 Å². The van der Waals surface area contributed by atoms with Crippen molar-refractivity contribution in [2.45, 2.75) is 0 Å². The van der Waals surface area contributed by atoms with E-state index in [4.69, 9.17) is 21.0 Å². The van der Waals surface area contributed by atoms with Crippen molar-refractivity contribution < 1.29 is 4.74 Å². The molecule has 2 aromatic rings. The monoisotopic (exact) mass is 235 g/mol. The molecule has 0 heterocycles. The number of rotatable bonds is 2. The number of nitriles is 2. The minimum absolute atomic E-state index is 0.336. The summed E-state index contributed by atoms with van der Waals surface area (Å²) in [6.45, 7) is 0. The zero-order valence-corrected chi connectivity index (χ0v) is 9.42. The van der Waals surface area contributed by atoms with Crippen molar-refractivity contribution in [3.8, 4) is 23.6 Å². The normalized spacial score (nSPS) is 9.22. The number of anilines is 1. The molecule has 0 aliphatic heterocycles. The fourth-order valence-electron chi connectivity index (χ4n) is 1.49. The van der Waals surface area contributed by atoms with E-state index in [1.165, 1.54) is 6.07 Å². The third kappa shape index (κ3) is 2.23. The summed E-state index contributed by atoms with van der Waals surface area (Å²) in [5.41, 5.74) is 6.84. The maximum atomic E-state index is 9.00. The summed E-state index contributed by atoms with van der Waals surface area (Å²) < 4.78 is 5.58. The number of nitrogens with zero attached hydrogens (tertiary/aromatic N) is 2. The van der Waals surface area contributed by atoms with Gasteiger partial charge in [0.25, 0.3) is 0 Å². The Hall–Kier alpha value is -2.98. The fourth-order valence-corrected chi connectivity index (χ4v) is 1.49. The molecule has 0 radical (unpaired) electrons. The van der Waals surface area contributed by atoms with E-state index in [0.717, 1.165) is 0 Å². The van der Waals surface area contributed by atoms with Crippen LogP contribution < -0.4 is 10.5 Å². The van der Waals surface area contributed by atoms with E-state index in [2.05, 4.69) is 0 Å². The smallest absolute Gasteiger partial charge is 0.145 e. The van der Waals surface area contributed by atoms with Crippen LogP contribution in [-0.4, -0.2) is 0 Å². The molecule has 4 nitrogen and oxygen atoms in total. The van der Waals surface area contributed by atoms with Gasteiger partial charge < -0.3 is 10.5 Å². The van der Waals surface area contributed by atoms with Gasteiger partial charge in [0.1, 0.15) is 23.6 Å². The molecule has 0 amide bonds. The second kappa shape index (κ2) is 4.90. The molecule has 4 heteroatoms. The number of nitrogens with two attached hydrogens (primary N) is 1. The van der Waals surface area contributed by atoms with Crippen LogP contribution in [0.15, 0.2) is 42.5 Å². The Balaban J connectivity index is 2.41. The van der Waals surface area contributed by atoms with Crippen LogP contribution >= 0.6 is 0 Å². The second-order valence-electron chi connectivity index (χ2n) is 3.58. The molecule has 0 aliphatic carbocycles. The third-order valence-corrected chi connectivity index (χ3v) is 2.35. The molecule has 0 fully saturated rings. The predicted molar refractivity (Wildman–Crippen MR) is 66.8 cm³/mol. The molecule has 0 aliphatic rings. The first kappa shape index (κ1) is 11.5. The van der Waals surface area contributed by atoms with Crippen LogP contribution in [0.2, 0.25) is 0 Å². The molecule has 0 saturated carbocycles. The summed E-state index contributed by atoms with van der Waals surface area (Å²) in [7, 11) is 0. The summed E-state index contributed by atoms with van der Waals surface area (Å²) in [4.78, 5) is 0. The lowest BCUT2D eigenvalue weighted by atomic mass is 10.2. The summed E-state index contributed by atoms with van der Waals surface area (Å²) in [6.07, 6.45) is 0. The van der Waals surface area contributed by atoms with E-state index in [9.17, 15) is 0 Å². The summed E-state index contributed by atoms with van der Waals surface area (Å²) in [6, 6.07) is 15.7. The van der Waals surface area contributed by atoms with Crippen LogP contribution in [0.5, 0.6) is 11.5 Å². The SMILES string of the molecule is N#Cc1ccccc1Oc1ccc(N)cc1C#N. The molecular weight excluding hydrogens is 226 g/mol. The number of hydrogen-bond donors (Lipinski definition) is 1. The Morgan fingerprint density at radius 1 is 0.889 bits per heavy atom. The Kier molecular flexibility index (Phi) is 3.13. The van der Waals surface area contributed by atoms with Crippen LogP contribution in [0.1, 0.15) is 11.1 Å².